The highest BCUT2D eigenvalue weighted by molar-refractivity contribution is 5.99. The third-order valence-electron chi connectivity index (χ3n) is 4.72. The number of fused-ring (bicyclic) bond motifs is 1. The average molecular weight is 386 g/mol. The van der Waals surface area contributed by atoms with E-state index in [1.165, 1.54) is 13.3 Å². The van der Waals surface area contributed by atoms with Crippen LogP contribution in [0.3, 0.4) is 0 Å². The third-order valence-corrected chi connectivity index (χ3v) is 4.72. The molecule has 6 heteroatoms. The molecule has 0 saturated heterocycles. The number of ether oxygens (including phenoxy) is 1. The molecule has 6 nitrogen and oxygen atoms in total. The van der Waals surface area contributed by atoms with Crippen molar-refractivity contribution in [1.29, 1.82) is 0 Å². The topological polar surface area (TPSA) is 92.5 Å². The number of methoxy groups -OCH3 is 1. The molecule has 0 aliphatic carbocycles. The highest BCUT2D eigenvalue weighted by atomic mass is 16.5. The zero-order chi connectivity index (χ0) is 20.4. The third kappa shape index (κ3) is 3.41. The van der Waals surface area contributed by atoms with Crippen molar-refractivity contribution in [2.75, 3.05) is 7.11 Å². The van der Waals surface area contributed by atoms with Gasteiger partial charge in [0.05, 0.1) is 19.4 Å². The van der Waals surface area contributed by atoms with Crippen molar-refractivity contribution in [3.63, 3.8) is 0 Å². The Labute approximate surface area is 167 Å². The molecule has 2 N–H and O–H groups in total. The summed E-state index contributed by atoms with van der Waals surface area (Å²) in [6.07, 6.45) is 1.50. The van der Waals surface area contributed by atoms with Crippen LogP contribution >= 0.6 is 0 Å². The fourth-order valence-corrected chi connectivity index (χ4v) is 3.29. The molecule has 0 saturated carbocycles. The van der Waals surface area contributed by atoms with Gasteiger partial charge in [0.15, 0.2) is 11.4 Å². The van der Waals surface area contributed by atoms with Gasteiger partial charge in [-0.2, -0.15) is 0 Å². The first-order valence-corrected chi connectivity index (χ1v) is 8.99. The van der Waals surface area contributed by atoms with E-state index in [1.54, 1.807) is 0 Å². The molecule has 0 aliphatic heterocycles. The Morgan fingerprint density at radius 3 is 2.38 bits per heavy atom. The van der Waals surface area contributed by atoms with Crippen LogP contribution in [0.4, 0.5) is 0 Å². The number of rotatable bonds is 5. The SMILES string of the molecule is COc1c(C(=O)O)ncc2cc(-c3ccccc3)c(-c3ccc(CO)cc3)nc12. The summed E-state index contributed by atoms with van der Waals surface area (Å²) in [5, 5.41) is 19.4. The largest absolute Gasteiger partial charge is 0.492 e. The maximum absolute atomic E-state index is 11.5. The van der Waals surface area contributed by atoms with Gasteiger partial charge in [0.2, 0.25) is 0 Å². The number of nitrogens with zero attached hydrogens (tertiary/aromatic N) is 2. The summed E-state index contributed by atoms with van der Waals surface area (Å²) in [4.78, 5) is 20.4. The van der Waals surface area contributed by atoms with E-state index in [0.717, 1.165) is 22.3 Å². The van der Waals surface area contributed by atoms with Crippen LogP contribution in [0.1, 0.15) is 16.1 Å². The van der Waals surface area contributed by atoms with E-state index < -0.39 is 5.97 Å². The Morgan fingerprint density at radius 2 is 1.76 bits per heavy atom. The molecule has 0 amide bonds. The van der Waals surface area contributed by atoms with Gasteiger partial charge in [-0.3, -0.25) is 0 Å². The second-order valence-electron chi connectivity index (χ2n) is 6.49. The number of carboxylic acid groups (broad SMARTS) is 1. The lowest BCUT2D eigenvalue weighted by Crippen LogP contribution is -2.05. The second kappa shape index (κ2) is 7.69. The van der Waals surface area contributed by atoms with Gasteiger partial charge in [0, 0.05) is 22.7 Å². The highest BCUT2D eigenvalue weighted by Crippen LogP contribution is 2.36. The van der Waals surface area contributed by atoms with Crippen LogP contribution in [0.2, 0.25) is 0 Å². The standard InChI is InChI=1S/C23H18N2O4/c1-29-22-20-17(12-24-21(22)23(27)28)11-18(15-5-3-2-4-6-15)19(25-20)16-9-7-14(13-26)8-10-16/h2-12,26H,13H2,1H3,(H,27,28). The fourth-order valence-electron chi connectivity index (χ4n) is 3.29. The van der Waals surface area contributed by atoms with E-state index in [4.69, 9.17) is 9.72 Å². The maximum atomic E-state index is 11.5. The molecular weight excluding hydrogens is 368 g/mol. The molecule has 4 aromatic rings. The van der Waals surface area contributed by atoms with Crippen molar-refractivity contribution in [3.8, 4) is 28.1 Å². The molecule has 2 aromatic heterocycles. The summed E-state index contributed by atoms with van der Waals surface area (Å²) in [5.41, 5.74) is 4.45. The van der Waals surface area contributed by atoms with Gasteiger partial charge < -0.3 is 14.9 Å². The Bertz CT molecular complexity index is 1190. The molecule has 29 heavy (non-hydrogen) atoms. The molecule has 0 spiro atoms. The van der Waals surface area contributed by atoms with Crippen LogP contribution in [-0.2, 0) is 6.61 Å². The Morgan fingerprint density at radius 1 is 1.03 bits per heavy atom. The number of aliphatic hydroxyl groups excluding tert-OH is 1. The van der Waals surface area contributed by atoms with Crippen molar-refractivity contribution >= 4 is 16.9 Å². The van der Waals surface area contributed by atoms with Crippen LogP contribution in [-0.4, -0.2) is 33.3 Å². The second-order valence-corrected chi connectivity index (χ2v) is 6.49. The molecule has 2 aromatic carbocycles. The zero-order valence-corrected chi connectivity index (χ0v) is 15.7. The summed E-state index contributed by atoms with van der Waals surface area (Å²) in [6, 6.07) is 19.2. The lowest BCUT2D eigenvalue weighted by atomic mass is 9.97. The number of aliphatic hydroxyl groups is 1. The molecule has 0 unspecified atom stereocenters. The molecule has 4 rings (SSSR count). The van der Waals surface area contributed by atoms with Gasteiger partial charge in [0.1, 0.15) is 5.52 Å². The van der Waals surface area contributed by atoms with Crippen molar-refractivity contribution in [2.24, 2.45) is 0 Å². The molecule has 0 bridgehead atoms. The first-order valence-electron chi connectivity index (χ1n) is 8.99. The normalized spacial score (nSPS) is 10.8. The molecule has 144 valence electrons. The monoisotopic (exact) mass is 386 g/mol. The Kier molecular flexibility index (Phi) is 4.93. The number of carboxylic acids is 1. The van der Waals surface area contributed by atoms with Crippen LogP contribution < -0.4 is 4.74 Å². The zero-order valence-electron chi connectivity index (χ0n) is 15.7. The smallest absolute Gasteiger partial charge is 0.358 e. The van der Waals surface area contributed by atoms with Crippen LogP contribution in [0.25, 0.3) is 33.3 Å². The van der Waals surface area contributed by atoms with E-state index in [0.29, 0.717) is 16.6 Å². The molecule has 2 heterocycles. The van der Waals surface area contributed by atoms with Crippen molar-refractivity contribution in [1.82, 2.24) is 9.97 Å². The van der Waals surface area contributed by atoms with Gasteiger partial charge in [-0.15, -0.1) is 0 Å². The van der Waals surface area contributed by atoms with E-state index in [9.17, 15) is 15.0 Å². The van der Waals surface area contributed by atoms with Crippen LogP contribution in [0.15, 0.2) is 66.9 Å². The summed E-state index contributed by atoms with van der Waals surface area (Å²) in [6.45, 7) is -0.0432. The van der Waals surface area contributed by atoms with Crippen LogP contribution in [0.5, 0.6) is 5.75 Å². The van der Waals surface area contributed by atoms with E-state index in [2.05, 4.69) is 4.98 Å². The van der Waals surface area contributed by atoms with Crippen molar-refractivity contribution in [3.05, 3.63) is 78.1 Å². The fraction of sp³-hybridized carbons (Fsp3) is 0.0870. The van der Waals surface area contributed by atoms with Gasteiger partial charge in [0.25, 0.3) is 0 Å². The predicted octanol–water partition coefficient (Wildman–Crippen LogP) is 4.16. The van der Waals surface area contributed by atoms with E-state index in [1.807, 2.05) is 60.7 Å². The number of hydrogen-bond donors (Lipinski definition) is 2. The van der Waals surface area contributed by atoms with Gasteiger partial charge >= 0.3 is 5.97 Å². The molecule has 0 atom stereocenters. The van der Waals surface area contributed by atoms with E-state index in [-0.39, 0.29) is 18.1 Å². The molecular formula is C23H18N2O4. The Balaban J connectivity index is 2.04. The molecule has 0 fully saturated rings. The Hall–Kier alpha value is -3.77. The average Bonchev–Trinajstić information content (AvgIpc) is 2.77. The minimum absolute atomic E-state index is 0.0432. The first-order chi connectivity index (χ1) is 14.1. The summed E-state index contributed by atoms with van der Waals surface area (Å²) in [7, 11) is 1.41. The summed E-state index contributed by atoms with van der Waals surface area (Å²) < 4.78 is 5.35. The number of carbonyl (C=O) groups is 1. The first kappa shape index (κ1) is 18.6. The van der Waals surface area contributed by atoms with E-state index >= 15 is 0 Å². The number of aromatic carboxylic acids is 1. The quantitative estimate of drug-likeness (QED) is 0.535. The van der Waals surface area contributed by atoms with Crippen molar-refractivity contribution in [2.45, 2.75) is 6.61 Å². The number of pyridine rings is 2. The van der Waals surface area contributed by atoms with Gasteiger partial charge in [-0.1, -0.05) is 54.6 Å². The van der Waals surface area contributed by atoms with Gasteiger partial charge in [-0.05, 0) is 17.2 Å². The molecule has 0 radical (unpaired) electrons. The predicted molar refractivity (Wildman–Crippen MR) is 110 cm³/mol. The minimum atomic E-state index is -1.17. The van der Waals surface area contributed by atoms with Crippen molar-refractivity contribution < 1.29 is 19.7 Å². The van der Waals surface area contributed by atoms with Gasteiger partial charge in [-0.25, -0.2) is 14.8 Å². The highest BCUT2D eigenvalue weighted by Gasteiger charge is 2.20. The lowest BCUT2D eigenvalue weighted by Gasteiger charge is -2.14. The lowest BCUT2D eigenvalue weighted by molar-refractivity contribution is 0.0687. The maximum Gasteiger partial charge on any atom is 0.358 e. The number of hydrogen-bond acceptors (Lipinski definition) is 5. The summed E-state index contributed by atoms with van der Waals surface area (Å²) >= 11 is 0. The minimum Gasteiger partial charge on any atom is -0.492 e. The number of aromatic nitrogens is 2. The van der Waals surface area contributed by atoms with Crippen LogP contribution in [0, 0.1) is 0 Å². The summed E-state index contributed by atoms with van der Waals surface area (Å²) in [5.74, 6) is -1.05. The molecule has 0 aliphatic rings. The number of benzene rings is 2.